The fourth-order valence-corrected chi connectivity index (χ4v) is 4.59. The molecule has 0 spiro atoms. The minimum absolute atomic E-state index is 0.0171. The Kier molecular flexibility index (Phi) is 5.96. The maximum atomic E-state index is 12.8. The van der Waals surface area contributed by atoms with Crippen molar-refractivity contribution in [3.63, 3.8) is 0 Å². The van der Waals surface area contributed by atoms with Gasteiger partial charge < -0.3 is 9.51 Å². The molecule has 4 nitrogen and oxygen atoms in total. The molecule has 0 atom stereocenters. The molecule has 0 unspecified atom stereocenters. The molecule has 1 aromatic carbocycles. The third-order valence-corrected chi connectivity index (χ3v) is 6.29. The van der Waals surface area contributed by atoms with E-state index in [1.54, 1.807) is 12.1 Å². The second-order valence-corrected chi connectivity index (χ2v) is 8.54. The van der Waals surface area contributed by atoms with Gasteiger partial charge in [0.1, 0.15) is 11.6 Å². The summed E-state index contributed by atoms with van der Waals surface area (Å²) >= 11 is 6.54. The zero-order valence-electron chi connectivity index (χ0n) is 16.7. The number of rotatable bonds is 4. The van der Waals surface area contributed by atoms with E-state index in [4.69, 9.17) is 11.6 Å². The van der Waals surface area contributed by atoms with Gasteiger partial charge in [-0.25, -0.2) is 4.98 Å². The van der Waals surface area contributed by atoms with Crippen LogP contribution in [-0.4, -0.2) is 26.8 Å². The smallest absolute Gasteiger partial charge is 0.393 e. The Labute approximate surface area is 182 Å². The van der Waals surface area contributed by atoms with E-state index in [-0.39, 0.29) is 23.0 Å². The number of alkyl halides is 3. The van der Waals surface area contributed by atoms with E-state index in [2.05, 4.69) is 11.1 Å². The van der Waals surface area contributed by atoms with Gasteiger partial charge >= 0.3 is 6.18 Å². The molecule has 1 saturated carbocycles. The molecule has 0 amide bonds. The topological polar surface area (TPSA) is 61.3 Å². The summed E-state index contributed by atoms with van der Waals surface area (Å²) < 4.78 is 39.7. The Morgan fingerprint density at radius 3 is 2.58 bits per heavy atom. The van der Waals surface area contributed by atoms with Crippen LogP contribution in [0.4, 0.5) is 13.2 Å². The van der Waals surface area contributed by atoms with Crippen molar-refractivity contribution < 1.29 is 18.3 Å². The zero-order valence-corrected chi connectivity index (χ0v) is 17.4. The minimum atomic E-state index is -4.36. The molecule has 1 fully saturated rings. The summed E-state index contributed by atoms with van der Waals surface area (Å²) in [5.41, 5.74) is 2.69. The van der Waals surface area contributed by atoms with Gasteiger partial charge in [0.05, 0.1) is 18.2 Å². The number of hydrogen-bond acceptors (Lipinski definition) is 3. The molecule has 31 heavy (non-hydrogen) atoms. The molecule has 8 heteroatoms. The van der Waals surface area contributed by atoms with Gasteiger partial charge in [0.25, 0.3) is 0 Å². The molecule has 3 aromatic rings. The molecule has 1 aliphatic rings. The summed E-state index contributed by atoms with van der Waals surface area (Å²) in [6, 6.07) is 9.32. The number of aliphatic hydroxyl groups excluding tert-OH is 1. The lowest BCUT2D eigenvalue weighted by Crippen LogP contribution is -2.19. The van der Waals surface area contributed by atoms with Crippen LogP contribution in [0, 0.1) is 17.2 Å². The van der Waals surface area contributed by atoms with Crippen molar-refractivity contribution in [2.75, 3.05) is 0 Å². The maximum absolute atomic E-state index is 12.8. The molecule has 2 aromatic heterocycles. The highest BCUT2D eigenvalue weighted by Gasteiger charge is 2.30. The molecule has 0 bridgehead atoms. The second-order valence-electron chi connectivity index (χ2n) is 8.14. The van der Waals surface area contributed by atoms with E-state index in [1.165, 1.54) is 10.6 Å². The lowest BCUT2D eigenvalue weighted by Gasteiger charge is -2.25. The maximum Gasteiger partial charge on any atom is 0.394 e. The van der Waals surface area contributed by atoms with Gasteiger partial charge in [-0.15, -0.1) is 0 Å². The van der Waals surface area contributed by atoms with Gasteiger partial charge in [0.15, 0.2) is 5.65 Å². The summed E-state index contributed by atoms with van der Waals surface area (Å²) in [7, 11) is 0. The SMILES string of the molecule is N#Cc1c(-c2ccc(CC3CCC(O)CC3)c(Cl)c2)ccn2c(CC(F)(F)F)cnc12. The predicted molar refractivity (Wildman–Crippen MR) is 112 cm³/mol. The molecule has 0 radical (unpaired) electrons. The van der Waals surface area contributed by atoms with Gasteiger partial charge in [0.2, 0.25) is 0 Å². The Bertz CT molecular complexity index is 1140. The lowest BCUT2D eigenvalue weighted by atomic mass is 9.83. The molecule has 162 valence electrons. The monoisotopic (exact) mass is 447 g/mol. The van der Waals surface area contributed by atoms with Crippen LogP contribution in [0.2, 0.25) is 5.02 Å². The average molecular weight is 448 g/mol. The van der Waals surface area contributed by atoms with E-state index in [0.717, 1.165) is 43.9 Å². The Balaban J connectivity index is 1.64. The van der Waals surface area contributed by atoms with Gasteiger partial charge in [-0.3, -0.25) is 0 Å². The van der Waals surface area contributed by atoms with Crippen LogP contribution in [0.1, 0.15) is 42.5 Å². The standard InChI is InChI=1S/C23H21ClF3N3O/c24-21-10-15(3-4-16(21)9-14-1-5-18(31)6-2-14)19-7-8-30-17(11-23(25,26)27)13-29-22(30)20(19)12-28/h3-4,7-8,10,13-14,18,31H,1-2,5-6,9,11H2. The predicted octanol–water partition coefficient (Wildman–Crippen LogP) is 5.72. The Hall–Kier alpha value is -2.56. The largest absolute Gasteiger partial charge is 0.394 e. The van der Waals surface area contributed by atoms with Gasteiger partial charge in [-0.2, -0.15) is 18.4 Å². The number of fused-ring (bicyclic) bond motifs is 1. The molecule has 2 heterocycles. The number of imidazole rings is 1. The highest BCUT2D eigenvalue weighted by Crippen LogP contribution is 2.34. The normalized spacial score (nSPS) is 19.5. The van der Waals surface area contributed by atoms with Crippen molar-refractivity contribution in [1.29, 1.82) is 5.26 Å². The number of aromatic nitrogens is 2. The zero-order chi connectivity index (χ0) is 22.2. The van der Waals surface area contributed by atoms with Crippen molar-refractivity contribution in [3.05, 3.63) is 58.5 Å². The third kappa shape index (κ3) is 4.70. The summed E-state index contributed by atoms with van der Waals surface area (Å²) in [5, 5.41) is 20.0. The number of benzene rings is 1. The van der Waals surface area contributed by atoms with E-state index in [1.807, 2.05) is 12.1 Å². The number of halogens is 4. The molecular weight excluding hydrogens is 427 g/mol. The molecule has 0 aliphatic heterocycles. The summed E-state index contributed by atoms with van der Waals surface area (Å²) in [4.78, 5) is 4.07. The Morgan fingerprint density at radius 1 is 1.19 bits per heavy atom. The van der Waals surface area contributed by atoms with Crippen molar-refractivity contribution in [2.45, 2.75) is 50.8 Å². The van der Waals surface area contributed by atoms with E-state index < -0.39 is 12.6 Å². The molecule has 1 N–H and O–H groups in total. The first-order valence-electron chi connectivity index (χ1n) is 10.2. The highest BCUT2D eigenvalue weighted by atomic mass is 35.5. The van der Waals surface area contributed by atoms with Crippen LogP contribution in [-0.2, 0) is 12.8 Å². The summed E-state index contributed by atoms with van der Waals surface area (Å²) in [6.07, 6.45) is 1.38. The quantitative estimate of drug-likeness (QED) is 0.556. The van der Waals surface area contributed by atoms with Crippen LogP contribution in [0.3, 0.4) is 0 Å². The van der Waals surface area contributed by atoms with Crippen molar-refractivity contribution >= 4 is 17.2 Å². The molecule has 4 rings (SSSR count). The first-order chi connectivity index (χ1) is 14.7. The van der Waals surface area contributed by atoms with Gasteiger partial charge in [-0.05, 0) is 61.3 Å². The fourth-order valence-electron chi connectivity index (χ4n) is 4.33. The Morgan fingerprint density at radius 2 is 1.94 bits per heavy atom. The van der Waals surface area contributed by atoms with Crippen molar-refractivity contribution in [1.82, 2.24) is 9.38 Å². The van der Waals surface area contributed by atoms with E-state index >= 15 is 0 Å². The average Bonchev–Trinajstić information content (AvgIpc) is 3.11. The summed E-state index contributed by atoms with van der Waals surface area (Å²) in [5.74, 6) is 0.481. The van der Waals surface area contributed by atoms with E-state index in [0.29, 0.717) is 22.1 Å². The van der Waals surface area contributed by atoms with Crippen LogP contribution >= 0.6 is 11.6 Å². The molecular formula is C23H21ClF3N3O. The van der Waals surface area contributed by atoms with Crippen LogP contribution in [0.5, 0.6) is 0 Å². The number of pyridine rings is 1. The fraction of sp³-hybridized carbons (Fsp3) is 0.391. The van der Waals surface area contributed by atoms with Crippen molar-refractivity contribution in [2.24, 2.45) is 5.92 Å². The van der Waals surface area contributed by atoms with Gasteiger partial charge in [-0.1, -0.05) is 23.7 Å². The lowest BCUT2D eigenvalue weighted by molar-refractivity contribution is -0.127. The van der Waals surface area contributed by atoms with Gasteiger partial charge in [0, 0.05) is 23.0 Å². The second kappa shape index (κ2) is 8.52. The third-order valence-electron chi connectivity index (χ3n) is 5.94. The number of hydrogen-bond donors (Lipinski definition) is 1. The molecule has 1 aliphatic carbocycles. The number of nitrogens with zero attached hydrogens (tertiary/aromatic N) is 3. The highest BCUT2D eigenvalue weighted by molar-refractivity contribution is 6.31. The first kappa shape index (κ1) is 21.7. The van der Waals surface area contributed by atoms with E-state index in [9.17, 15) is 23.5 Å². The van der Waals surface area contributed by atoms with Crippen LogP contribution in [0.25, 0.3) is 16.8 Å². The van der Waals surface area contributed by atoms with Crippen LogP contribution < -0.4 is 0 Å². The minimum Gasteiger partial charge on any atom is -0.393 e. The molecule has 0 saturated heterocycles. The summed E-state index contributed by atoms with van der Waals surface area (Å²) in [6.45, 7) is 0. The number of nitriles is 1. The first-order valence-corrected chi connectivity index (χ1v) is 10.6. The van der Waals surface area contributed by atoms with Crippen LogP contribution in [0.15, 0.2) is 36.7 Å². The van der Waals surface area contributed by atoms with Crippen molar-refractivity contribution in [3.8, 4) is 17.2 Å². The number of aliphatic hydroxyl groups is 1.